The van der Waals surface area contributed by atoms with Crippen molar-refractivity contribution in [2.75, 3.05) is 55.6 Å². The predicted molar refractivity (Wildman–Crippen MR) is 476 cm³/mol. The fourth-order valence-corrected chi connectivity index (χ4v) is 20.8. The molecule has 5 saturated carbocycles. The number of hydrogen-bond donors (Lipinski definition) is 13. The van der Waals surface area contributed by atoms with Crippen molar-refractivity contribution >= 4 is 127 Å². The van der Waals surface area contributed by atoms with E-state index in [0.29, 0.717) is 129 Å². The molecule has 1 aliphatic heterocycles. The van der Waals surface area contributed by atoms with Crippen molar-refractivity contribution in [3.63, 3.8) is 0 Å². The lowest BCUT2D eigenvalue weighted by molar-refractivity contribution is 0.0998. The van der Waals surface area contributed by atoms with Gasteiger partial charge in [0, 0.05) is 77.7 Å². The van der Waals surface area contributed by atoms with E-state index in [1.807, 2.05) is 31.4 Å². The predicted octanol–water partition coefficient (Wildman–Crippen LogP) is 7.04. The molecular formula is C82H106ClN15O24S7. The van der Waals surface area contributed by atoms with E-state index in [1.165, 1.54) is 122 Å². The monoisotopic (exact) mass is 1940 g/mol. The van der Waals surface area contributed by atoms with Crippen molar-refractivity contribution in [1.29, 1.82) is 0 Å². The molecule has 2 unspecified atom stereocenters. The largest absolute Gasteiger partial charge is 0.460 e. The SMILES string of the molecule is C=C(C)C(O)c1coc(C(=O)c2cncnc2N[C@@H]2C[C@H](COS(N)(=O)=O)[C@@H](O)C2)c1.CC(C)C(O)c1cc(C(=O)c2cncnc2N[C@@H]2C[C@H](COS(N)(=O)=O)[C@@H](O)C2)sc1Cl.NS(=O)(=O)OC[C@H]1C[C@@H](Cc2ncncc2C(=O)c2cc(CC3CCCCC3)cs2)C[C@@H]1O.NS(=O)(=O)OC[C@H]1C[C@@H](Nc2ncncc2C(=O)c2cc(CC3=CCOCC3)cs2)C[C@@H]1O. The fraction of sp³-hybridized carbons (Fsp3) is 0.512. The van der Waals surface area contributed by atoms with Crippen LogP contribution < -0.4 is 36.5 Å². The summed E-state index contributed by atoms with van der Waals surface area (Å²) in [7, 11) is -16.3. The van der Waals surface area contributed by atoms with E-state index in [4.69, 9.17) is 41.3 Å². The van der Waals surface area contributed by atoms with Crippen molar-refractivity contribution in [3.8, 4) is 0 Å². The van der Waals surface area contributed by atoms with Gasteiger partial charge in [0.25, 0.3) is 0 Å². The summed E-state index contributed by atoms with van der Waals surface area (Å²) < 4.78 is 118. The summed E-state index contributed by atoms with van der Waals surface area (Å²) in [5.41, 5.74) is 6.87. The minimum absolute atomic E-state index is 0.000893. The van der Waals surface area contributed by atoms with Gasteiger partial charge in [0.05, 0.1) is 123 Å². The zero-order valence-electron chi connectivity index (χ0n) is 70.6. The molecule has 0 spiro atoms. The lowest BCUT2D eigenvalue weighted by Gasteiger charge is -2.20. The molecule has 9 heterocycles. The number of aliphatic hydroxyl groups is 6. The number of nitrogens with zero attached hydrogens (tertiary/aromatic N) is 8. The number of ketones is 4. The summed E-state index contributed by atoms with van der Waals surface area (Å²) in [6, 6.07) is 6.15. The highest BCUT2D eigenvalue weighted by Crippen LogP contribution is 2.41. The molecule has 0 radical (unpaired) electrons. The number of nitrogens with two attached hydrogens (primary N) is 4. The van der Waals surface area contributed by atoms with Crippen LogP contribution in [0.1, 0.15) is 213 Å². The normalized spacial score (nSPS) is 23.0. The highest BCUT2D eigenvalue weighted by Gasteiger charge is 2.40. The van der Waals surface area contributed by atoms with Gasteiger partial charge in [-0.1, -0.05) is 75.8 Å². The number of aliphatic hydroxyl groups excluding tert-OH is 6. The third-order valence-electron chi connectivity index (χ3n) is 22.9. The van der Waals surface area contributed by atoms with Crippen molar-refractivity contribution in [1.82, 2.24) is 39.9 Å². The van der Waals surface area contributed by atoms with Crippen LogP contribution in [0.3, 0.4) is 0 Å². The first kappa shape index (κ1) is 101. The van der Waals surface area contributed by atoms with Crippen LogP contribution >= 0.6 is 45.6 Å². The molecule has 702 valence electrons. The Morgan fingerprint density at radius 2 is 0.984 bits per heavy atom. The number of aromatic nitrogens is 8. The third-order valence-corrected chi connectivity index (χ3v) is 28.1. The zero-order chi connectivity index (χ0) is 93.2. The first-order valence-electron chi connectivity index (χ1n) is 41.4. The number of thiophene rings is 3. The lowest BCUT2D eigenvalue weighted by Crippen LogP contribution is -2.24. The van der Waals surface area contributed by atoms with E-state index in [9.17, 15) is 83.5 Å². The number of furan rings is 1. The molecule has 5 aliphatic carbocycles. The van der Waals surface area contributed by atoms with Gasteiger partial charge in [-0.15, -0.1) is 34.0 Å². The lowest BCUT2D eigenvalue weighted by atomic mass is 9.85. The minimum Gasteiger partial charge on any atom is -0.460 e. The second-order valence-corrected chi connectivity index (χ2v) is 41.5. The van der Waals surface area contributed by atoms with Gasteiger partial charge < -0.3 is 55.7 Å². The van der Waals surface area contributed by atoms with Gasteiger partial charge in [-0.3, -0.25) is 35.9 Å². The average molecular weight is 1950 g/mol. The van der Waals surface area contributed by atoms with Crippen molar-refractivity contribution < 1.29 is 109 Å². The van der Waals surface area contributed by atoms with Crippen LogP contribution in [0.15, 0.2) is 120 Å². The van der Waals surface area contributed by atoms with Crippen LogP contribution in [0.2, 0.25) is 4.34 Å². The number of halogens is 1. The standard InChI is InChI=1S/C23H31N3O5S2.C21H26N4O6S2.C19H25ClN4O6S2.C19H24N4O7S/c24-33(29,30)31-12-18-7-16(9-21(18)27)8-20-19(11-25-14-26-20)23(28)22-10-17(13-32-22)6-15-4-2-1-3-5-15;22-33(28,29)31-10-15-7-16(8-18(15)26)25-21-17(9-23-12-24-21)20(27)19-6-14(11-32-19)5-13-1-3-30-4-2-13;1-9(2)16(26)12-5-15(31-18(12)20)17(27)13-6-22-8-23-19(13)24-11-3-10(14(25)4-11)7-30-32(21,28)29;1-10(2)17(25)12-4-16(29-7-12)18(26)14-6-21-9-22-19(14)23-13-3-11(15(24)5-13)8-30-31(20,27)28/h10-11,13-16,18,21,27H,1-9,12H2,(H2,24,29,30);1,6,9,11-12,15-16,18,26H,2-5,7-8,10H2,(H2,22,28,29)(H,23,24,25);5-6,8-11,14,16,25-26H,3-4,7H2,1-2H3,(H2,21,28,29)(H,22,23,24);4,6-7,9,11,13,15,17,24-25H,1,3,5,8H2,2H3,(H2,20,27,28)(H,21,22,23)/t16-,18+,21-;15-,16-,18+;10-,11-,14+,16?;11-,13-,15+,17?/m0111/s1. The molecule has 39 nitrogen and oxygen atoms in total. The van der Waals surface area contributed by atoms with Gasteiger partial charge in [0.2, 0.25) is 23.1 Å². The Morgan fingerprint density at radius 1 is 0.550 bits per heavy atom. The topological polar surface area (TPSA) is 629 Å². The van der Waals surface area contributed by atoms with Gasteiger partial charge in [-0.2, -0.15) is 33.7 Å². The first-order valence-corrected chi connectivity index (χ1v) is 50.3. The van der Waals surface area contributed by atoms with Crippen molar-refractivity contribution in [2.45, 2.75) is 185 Å². The molecule has 14 rings (SSSR count). The molecule has 5 fully saturated rings. The van der Waals surface area contributed by atoms with Crippen molar-refractivity contribution in [3.05, 3.63) is 190 Å². The van der Waals surface area contributed by atoms with Crippen LogP contribution in [0.25, 0.3) is 0 Å². The molecule has 0 bridgehead atoms. The number of carbonyl (C=O) groups excluding carboxylic acids is 4. The first-order chi connectivity index (χ1) is 61.1. The minimum atomic E-state index is -4.10. The highest BCUT2D eigenvalue weighted by atomic mass is 35.5. The summed E-state index contributed by atoms with van der Waals surface area (Å²) >= 11 is 10.2. The van der Waals surface area contributed by atoms with Crippen LogP contribution in [-0.4, -0.2) is 209 Å². The number of carbonyl (C=O) groups is 4. The molecule has 8 aromatic rings. The second kappa shape index (κ2) is 45.9. The molecular weight excluding hydrogens is 1840 g/mol. The Balaban J connectivity index is 0.000000166. The molecule has 6 aliphatic rings. The fourth-order valence-electron chi connectivity index (χ4n) is 16.3. The molecule has 129 heavy (non-hydrogen) atoms. The maximum atomic E-state index is 13.3. The molecule has 0 saturated heterocycles. The number of rotatable bonds is 36. The molecule has 47 heteroatoms. The van der Waals surface area contributed by atoms with Crippen LogP contribution in [0.5, 0.6) is 0 Å². The maximum Gasteiger partial charge on any atom is 0.333 e. The number of ether oxygens (including phenoxy) is 1. The molecule has 0 amide bonds. The van der Waals surface area contributed by atoms with E-state index in [0.717, 1.165) is 42.8 Å². The Kier molecular flexibility index (Phi) is 36.1. The van der Waals surface area contributed by atoms with Crippen LogP contribution in [0, 0.1) is 41.4 Å². The summed E-state index contributed by atoms with van der Waals surface area (Å²) in [4.78, 5) is 87.0. The summed E-state index contributed by atoms with van der Waals surface area (Å²) in [5.74, 6) is -1.11. The van der Waals surface area contributed by atoms with Gasteiger partial charge in [0.15, 0.2) is 5.76 Å². The van der Waals surface area contributed by atoms with Gasteiger partial charge in [-0.25, -0.2) is 60.4 Å². The van der Waals surface area contributed by atoms with E-state index in [2.05, 4.69) is 90.6 Å². The maximum absolute atomic E-state index is 13.3. The molecule has 0 aromatic carbocycles. The van der Waals surface area contributed by atoms with E-state index >= 15 is 0 Å². The molecule has 14 atom stereocenters. The molecule has 17 N–H and O–H groups in total. The van der Waals surface area contributed by atoms with Crippen LogP contribution in [-0.2, 0) is 81.9 Å². The van der Waals surface area contributed by atoms with E-state index in [-0.39, 0.29) is 108 Å². The third kappa shape index (κ3) is 30.1. The zero-order valence-corrected chi connectivity index (χ0v) is 77.1. The highest BCUT2D eigenvalue weighted by molar-refractivity contribution is 7.85. The molecule has 8 aromatic heterocycles. The quantitative estimate of drug-likeness (QED) is 0.0138. The Hall–Kier alpha value is -8.25. The summed E-state index contributed by atoms with van der Waals surface area (Å²) in [6.45, 7) is 9.57. The van der Waals surface area contributed by atoms with E-state index in [1.54, 1.807) is 19.2 Å². The van der Waals surface area contributed by atoms with Crippen LogP contribution in [0.4, 0.5) is 17.5 Å². The smallest absolute Gasteiger partial charge is 0.333 e. The van der Waals surface area contributed by atoms with Gasteiger partial charge >= 0.3 is 41.2 Å². The van der Waals surface area contributed by atoms with Gasteiger partial charge in [0.1, 0.15) is 48.9 Å². The number of hydrogen-bond acceptors (Lipinski definition) is 38. The second-order valence-electron chi connectivity index (χ2n) is 33.2. The average Bonchev–Trinajstić information content (AvgIpc) is 1.65. The summed E-state index contributed by atoms with van der Waals surface area (Å²) in [5, 5.41) is 94.3. The Morgan fingerprint density at radius 3 is 1.45 bits per heavy atom. The van der Waals surface area contributed by atoms with Gasteiger partial charge in [-0.05, 0) is 153 Å². The Bertz CT molecular complexity index is 5720. The van der Waals surface area contributed by atoms with E-state index < -0.39 is 101 Å². The van der Waals surface area contributed by atoms with Crippen molar-refractivity contribution in [2.24, 2.45) is 62.0 Å². The number of anilines is 3. The number of nitrogens with one attached hydrogen (secondary N) is 3. The Labute approximate surface area is 763 Å². The summed E-state index contributed by atoms with van der Waals surface area (Å²) in [6.07, 6.45) is 22.6.